The molecular weight excluding hydrogens is 436 g/mol. The zero-order chi connectivity index (χ0) is 21.7. The molecule has 1 amide bonds. The van der Waals surface area contributed by atoms with Gasteiger partial charge in [-0.05, 0) is 18.2 Å². The molecule has 0 atom stereocenters. The quantitative estimate of drug-likeness (QED) is 0.307. The molecule has 3 rings (SSSR count). The molecule has 2 aromatic carbocycles. The summed E-state index contributed by atoms with van der Waals surface area (Å²) in [5.74, 6) is 0.954. The second-order valence-electron chi connectivity index (χ2n) is 5.73. The van der Waals surface area contributed by atoms with Crippen LogP contribution in [0.5, 0.6) is 11.5 Å². The van der Waals surface area contributed by atoms with Crippen molar-refractivity contribution in [3.05, 3.63) is 51.5 Å². The number of carbonyl (C=O) groups is 1. The van der Waals surface area contributed by atoms with E-state index in [2.05, 4.69) is 15.5 Å². The molecule has 1 N–H and O–H groups in total. The van der Waals surface area contributed by atoms with Crippen LogP contribution in [0.3, 0.4) is 0 Å². The number of hydrogen-bond donors (Lipinski definition) is 1. The third-order valence-electron chi connectivity index (χ3n) is 3.77. The van der Waals surface area contributed by atoms with Crippen molar-refractivity contribution in [1.29, 1.82) is 0 Å². The Bertz CT molecular complexity index is 1070. The smallest absolute Gasteiger partial charge is 0.277 e. The fraction of sp³-hybridized carbons (Fsp3) is 0.167. The normalized spacial score (nSPS) is 10.5. The Kier molecular flexibility index (Phi) is 6.75. The van der Waals surface area contributed by atoms with Crippen molar-refractivity contribution in [1.82, 2.24) is 10.2 Å². The first-order chi connectivity index (χ1) is 14.4. The van der Waals surface area contributed by atoms with Crippen LogP contribution in [0.1, 0.15) is 0 Å². The van der Waals surface area contributed by atoms with Crippen LogP contribution in [0, 0.1) is 10.1 Å². The average molecular weight is 451 g/mol. The maximum atomic E-state index is 12.2. The number of anilines is 1. The average Bonchev–Trinajstić information content (AvgIpc) is 3.22. The molecule has 1 heterocycles. The second-order valence-corrected chi connectivity index (χ2v) is 7.07. The summed E-state index contributed by atoms with van der Waals surface area (Å²) in [7, 11) is 3.06. The van der Waals surface area contributed by atoms with Gasteiger partial charge in [-0.1, -0.05) is 23.4 Å². The summed E-state index contributed by atoms with van der Waals surface area (Å²) < 4.78 is 16.0. The Morgan fingerprint density at radius 1 is 1.20 bits per heavy atom. The molecular formula is C18H15ClN4O6S. The topological polar surface area (TPSA) is 130 Å². The van der Waals surface area contributed by atoms with Gasteiger partial charge in [0.05, 0.1) is 35.6 Å². The summed E-state index contributed by atoms with van der Waals surface area (Å²) in [6.45, 7) is 0. The zero-order valence-corrected chi connectivity index (χ0v) is 17.3. The number of nitro groups is 1. The van der Waals surface area contributed by atoms with E-state index in [0.717, 1.165) is 17.8 Å². The molecule has 3 aromatic rings. The first-order valence-corrected chi connectivity index (χ1v) is 9.69. The molecule has 30 heavy (non-hydrogen) atoms. The third-order valence-corrected chi connectivity index (χ3v) is 4.90. The van der Waals surface area contributed by atoms with Crippen LogP contribution in [-0.2, 0) is 4.79 Å². The lowest BCUT2D eigenvalue weighted by Gasteiger charge is -2.06. The van der Waals surface area contributed by atoms with Crippen LogP contribution < -0.4 is 14.8 Å². The lowest BCUT2D eigenvalue weighted by molar-refractivity contribution is -0.384. The van der Waals surface area contributed by atoms with Crippen molar-refractivity contribution in [3.8, 4) is 23.0 Å². The van der Waals surface area contributed by atoms with Crippen LogP contribution in [0.15, 0.2) is 46.0 Å². The highest BCUT2D eigenvalue weighted by Crippen LogP contribution is 2.31. The molecule has 0 saturated carbocycles. The minimum Gasteiger partial charge on any atom is -0.497 e. The number of benzene rings is 2. The Labute approximate surface area is 179 Å². The summed E-state index contributed by atoms with van der Waals surface area (Å²) in [5, 5.41) is 21.5. The third kappa shape index (κ3) is 5.19. The van der Waals surface area contributed by atoms with Crippen LogP contribution in [-0.4, -0.2) is 41.0 Å². The molecule has 12 heteroatoms. The zero-order valence-electron chi connectivity index (χ0n) is 15.7. The van der Waals surface area contributed by atoms with Crippen LogP contribution in [0.25, 0.3) is 11.5 Å². The van der Waals surface area contributed by atoms with Gasteiger partial charge >= 0.3 is 0 Å². The molecule has 0 aliphatic heterocycles. The second kappa shape index (κ2) is 9.46. The molecule has 0 saturated heterocycles. The predicted octanol–water partition coefficient (Wildman–Crippen LogP) is 4.05. The lowest BCUT2D eigenvalue weighted by Crippen LogP contribution is -2.14. The number of thioether (sulfide) groups is 1. The number of ether oxygens (including phenoxy) is 2. The van der Waals surface area contributed by atoms with Gasteiger partial charge in [0.25, 0.3) is 10.9 Å². The van der Waals surface area contributed by atoms with E-state index in [1.54, 1.807) is 18.2 Å². The Morgan fingerprint density at radius 3 is 2.50 bits per heavy atom. The molecule has 0 bridgehead atoms. The van der Waals surface area contributed by atoms with Crippen molar-refractivity contribution in [2.45, 2.75) is 5.22 Å². The number of halogens is 1. The van der Waals surface area contributed by atoms with E-state index in [-0.39, 0.29) is 33.3 Å². The van der Waals surface area contributed by atoms with Crippen molar-refractivity contribution < 1.29 is 23.6 Å². The van der Waals surface area contributed by atoms with Gasteiger partial charge in [-0.25, -0.2) is 0 Å². The molecule has 10 nitrogen and oxygen atoms in total. The molecule has 0 spiro atoms. The number of methoxy groups -OCH3 is 2. The van der Waals surface area contributed by atoms with Gasteiger partial charge in [-0.3, -0.25) is 14.9 Å². The van der Waals surface area contributed by atoms with Gasteiger partial charge in [0.15, 0.2) is 0 Å². The standard InChI is InChI=1S/C18H15ClN4O6S/c1-27-12-5-10(6-13(8-12)28-2)17-21-22-18(29-17)30-9-16(24)20-15-4-3-11(23(25)26)7-14(15)19/h3-8H,9H2,1-2H3,(H,20,24). The molecule has 0 unspecified atom stereocenters. The van der Waals surface area contributed by atoms with E-state index in [1.807, 2.05) is 0 Å². The summed E-state index contributed by atoms with van der Waals surface area (Å²) in [5.41, 5.74) is 0.704. The molecule has 156 valence electrons. The number of nitro benzene ring substituents is 1. The summed E-state index contributed by atoms with van der Waals surface area (Å²) in [6, 6.07) is 8.92. The number of rotatable bonds is 8. The lowest BCUT2D eigenvalue weighted by atomic mass is 10.2. The van der Waals surface area contributed by atoms with E-state index in [4.69, 9.17) is 25.5 Å². The van der Waals surface area contributed by atoms with Crippen LogP contribution in [0.2, 0.25) is 5.02 Å². The predicted molar refractivity (Wildman–Crippen MR) is 110 cm³/mol. The summed E-state index contributed by atoms with van der Waals surface area (Å²) >= 11 is 7.00. The van der Waals surface area contributed by atoms with Crippen molar-refractivity contribution >= 4 is 40.6 Å². The highest BCUT2D eigenvalue weighted by molar-refractivity contribution is 7.99. The monoisotopic (exact) mass is 450 g/mol. The maximum absolute atomic E-state index is 12.2. The van der Waals surface area contributed by atoms with E-state index in [9.17, 15) is 14.9 Å². The Morgan fingerprint density at radius 2 is 1.90 bits per heavy atom. The SMILES string of the molecule is COc1cc(OC)cc(-c2nnc(SCC(=O)Nc3ccc([N+](=O)[O-])cc3Cl)o2)c1. The first kappa shape index (κ1) is 21.4. The van der Waals surface area contributed by atoms with E-state index >= 15 is 0 Å². The molecule has 1 aromatic heterocycles. The fourth-order valence-electron chi connectivity index (χ4n) is 2.35. The Hall–Kier alpha value is -3.31. The highest BCUT2D eigenvalue weighted by atomic mass is 35.5. The number of amides is 1. The van der Waals surface area contributed by atoms with E-state index < -0.39 is 10.8 Å². The number of non-ortho nitro benzene ring substituents is 1. The first-order valence-electron chi connectivity index (χ1n) is 8.33. The van der Waals surface area contributed by atoms with E-state index in [1.165, 1.54) is 26.4 Å². The number of nitrogens with zero attached hydrogens (tertiary/aromatic N) is 3. The molecule has 0 aliphatic rings. The number of hydrogen-bond acceptors (Lipinski definition) is 9. The van der Waals surface area contributed by atoms with Crippen molar-refractivity contribution in [2.24, 2.45) is 0 Å². The molecule has 0 aliphatic carbocycles. The Balaban J connectivity index is 1.63. The van der Waals surface area contributed by atoms with Gasteiger partial charge in [-0.2, -0.15) is 0 Å². The van der Waals surface area contributed by atoms with Gasteiger partial charge in [0, 0.05) is 23.8 Å². The van der Waals surface area contributed by atoms with Crippen molar-refractivity contribution in [3.63, 3.8) is 0 Å². The number of aromatic nitrogens is 2. The molecule has 0 fully saturated rings. The minimum atomic E-state index is -0.571. The van der Waals surface area contributed by atoms with Crippen LogP contribution in [0.4, 0.5) is 11.4 Å². The van der Waals surface area contributed by atoms with E-state index in [0.29, 0.717) is 17.1 Å². The number of nitrogens with one attached hydrogen (secondary N) is 1. The van der Waals surface area contributed by atoms with Crippen LogP contribution >= 0.6 is 23.4 Å². The maximum Gasteiger partial charge on any atom is 0.277 e. The van der Waals surface area contributed by atoms with Gasteiger partial charge in [0.2, 0.25) is 11.8 Å². The highest BCUT2D eigenvalue weighted by Gasteiger charge is 2.15. The van der Waals surface area contributed by atoms with Gasteiger partial charge in [0.1, 0.15) is 11.5 Å². The summed E-state index contributed by atoms with van der Waals surface area (Å²) in [4.78, 5) is 22.3. The molecule has 0 radical (unpaired) electrons. The minimum absolute atomic E-state index is 0.0314. The largest absolute Gasteiger partial charge is 0.497 e. The van der Waals surface area contributed by atoms with Crippen molar-refractivity contribution in [2.75, 3.05) is 25.3 Å². The van der Waals surface area contributed by atoms with Gasteiger partial charge < -0.3 is 19.2 Å². The van der Waals surface area contributed by atoms with Gasteiger partial charge in [-0.15, -0.1) is 10.2 Å². The fourth-order valence-corrected chi connectivity index (χ4v) is 3.13. The number of carbonyl (C=O) groups excluding carboxylic acids is 1. The summed E-state index contributed by atoms with van der Waals surface area (Å²) in [6.07, 6.45) is 0.